The fraction of sp³-hybridized carbons (Fsp3) is 0.706. The van der Waals surface area contributed by atoms with Crippen LogP contribution in [0.25, 0.3) is 0 Å². The maximum Gasteiger partial charge on any atom is 0.258 e. The second-order valence-corrected chi connectivity index (χ2v) is 7.07. The number of nitrogens with zero attached hydrogens (tertiary/aromatic N) is 4. The number of aromatic nitrogens is 2. The van der Waals surface area contributed by atoms with Crippen LogP contribution in [0.15, 0.2) is 4.79 Å². The highest BCUT2D eigenvalue weighted by atomic mass is 16.2. The molecule has 1 saturated heterocycles. The lowest BCUT2D eigenvalue weighted by atomic mass is 9.95. The van der Waals surface area contributed by atoms with Gasteiger partial charge in [0.2, 0.25) is 5.91 Å². The van der Waals surface area contributed by atoms with Gasteiger partial charge in [0.25, 0.3) is 5.56 Å². The summed E-state index contributed by atoms with van der Waals surface area (Å²) in [4.78, 5) is 33.9. The molecule has 2 aliphatic rings. The number of hydrogen-bond acceptors (Lipinski definition) is 4. The molecular formula is C17H26N4O2. The summed E-state index contributed by atoms with van der Waals surface area (Å²) in [6.07, 6.45) is 2.01. The average Bonchev–Trinajstić information content (AvgIpc) is 2.96. The summed E-state index contributed by atoms with van der Waals surface area (Å²) in [5.41, 5.74) is 1.44. The number of fused-ring (bicyclic) bond motifs is 1. The Morgan fingerprint density at radius 3 is 2.74 bits per heavy atom. The lowest BCUT2D eigenvalue weighted by Crippen LogP contribution is -2.45. The summed E-state index contributed by atoms with van der Waals surface area (Å²) in [6, 6.07) is 0.470. The van der Waals surface area contributed by atoms with Crippen LogP contribution in [0, 0.1) is 12.8 Å². The highest BCUT2D eigenvalue weighted by Crippen LogP contribution is 2.25. The molecule has 126 valence electrons. The average molecular weight is 318 g/mol. The highest BCUT2D eigenvalue weighted by molar-refractivity contribution is 5.79. The Morgan fingerprint density at radius 2 is 2.04 bits per heavy atom. The molecule has 0 radical (unpaired) electrons. The number of hydrogen-bond donors (Lipinski definition) is 0. The Morgan fingerprint density at radius 1 is 1.30 bits per heavy atom. The zero-order valence-electron chi connectivity index (χ0n) is 14.5. The van der Waals surface area contributed by atoms with Crippen molar-refractivity contribution in [2.75, 3.05) is 13.1 Å². The van der Waals surface area contributed by atoms with Crippen LogP contribution < -0.4 is 5.56 Å². The van der Waals surface area contributed by atoms with E-state index in [-0.39, 0.29) is 17.4 Å². The van der Waals surface area contributed by atoms with Crippen LogP contribution in [0.3, 0.4) is 0 Å². The Kier molecular flexibility index (Phi) is 4.27. The number of amides is 1. The zero-order chi connectivity index (χ0) is 16.7. The molecule has 1 aromatic heterocycles. The predicted octanol–water partition coefficient (Wildman–Crippen LogP) is 1.05. The summed E-state index contributed by atoms with van der Waals surface area (Å²) in [5, 5.41) is 0. The molecule has 3 rings (SSSR count). The van der Waals surface area contributed by atoms with Crippen molar-refractivity contribution in [1.82, 2.24) is 19.4 Å². The first kappa shape index (κ1) is 16.2. The van der Waals surface area contributed by atoms with E-state index in [1.807, 2.05) is 11.8 Å². The van der Waals surface area contributed by atoms with Gasteiger partial charge in [0.05, 0.1) is 30.3 Å². The van der Waals surface area contributed by atoms with Gasteiger partial charge in [-0.3, -0.25) is 14.2 Å². The quantitative estimate of drug-likeness (QED) is 0.818. The fourth-order valence-electron chi connectivity index (χ4n) is 3.62. The third-order valence-electron chi connectivity index (χ3n) is 5.23. The SMILES string of the molecule is Cc1nc2c(c(=O)n1C)CN(C(=O)[C@@H]1CCCN(C(C)C)C1)C2. The maximum absolute atomic E-state index is 12.9. The first-order valence-corrected chi connectivity index (χ1v) is 8.46. The van der Waals surface area contributed by atoms with Crippen molar-refractivity contribution in [3.63, 3.8) is 0 Å². The first-order chi connectivity index (χ1) is 10.9. The van der Waals surface area contributed by atoms with E-state index in [1.165, 1.54) is 0 Å². The Bertz CT molecular complexity index is 680. The second kappa shape index (κ2) is 6.07. The van der Waals surface area contributed by atoms with Crippen molar-refractivity contribution in [1.29, 1.82) is 0 Å². The Balaban J connectivity index is 1.75. The van der Waals surface area contributed by atoms with Crippen molar-refractivity contribution < 1.29 is 4.79 Å². The van der Waals surface area contributed by atoms with Crippen LogP contribution in [-0.2, 0) is 24.9 Å². The lowest BCUT2D eigenvalue weighted by Gasteiger charge is -2.36. The number of aryl methyl sites for hydroxylation is 1. The van der Waals surface area contributed by atoms with Crippen LogP contribution >= 0.6 is 0 Å². The maximum atomic E-state index is 12.9. The number of rotatable bonds is 2. The minimum atomic E-state index is -0.0183. The lowest BCUT2D eigenvalue weighted by molar-refractivity contribution is -0.138. The molecule has 0 unspecified atom stereocenters. The van der Waals surface area contributed by atoms with E-state index in [2.05, 4.69) is 23.7 Å². The van der Waals surface area contributed by atoms with Gasteiger partial charge in [0.1, 0.15) is 5.82 Å². The van der Waals surface area contributed by atoms with Crippen molar-refractivity contribution in [2.24, 2.45) is 13.0 Å². The van der Waals surface area contributed by atoms with Gasteiger partial charge in [-0.25, -0.2) is 4.98 Å². The first-order valence-electron chi connectivity index (χ1n) is 8.46. The largest absolute Gasteiger partial charge is 0.332 e. The summed E-state index contributed by atoms with van der Waals surface area (Å²) in [7, 11) is 1.73. The van der Waals surface area contributed by atoms with Gasteiger partial charge in [0, 0.05) is 19.6 Å². The van der Waals surface area contributed by atoms with E-state index in [9.17, 15) is 9.59 Å². The molecule has 0 bridgehead atoms. The van der Waals surface area contributed by atoms with Crippen LogP contribution in [-0.4, -0.2) is 44.4 Å². The van der Waals surface area contributed by atoms with Gasteiger partial charge < -0.3 is 9.80 Å². The van der Waals surface area contributed by atoms with Gasteiger partial charge in [-0.1, -0.05) is 0 Å². The number of piperidine rings is 1. The molecular weight excluding hydrogens is 292 g/mol. The van der Waals surface area contributed by atoms with E-state index in [1.54, 1.807) is 11.6 Å². The molecule has 0 aliphatic carbocycles. The van der Waals surface area contributed by atoms with Gasteiger partial charge >= 0.3 is 0 Å². The molecule has 1 atom stereocenters. The van der Waals surface area contributed by atoms with E-state index in [0.29, 0.717) is 30.5 Å². The van der Waals surface area contributed by atoms with Crippen molar-refractivity contribution >= 4 is 5.91 Å². The third kappa shape index (κ3) is 2.92. The van der Waals surface area contributed by atoms with E-state index < -0.39 is 0 Å². The van der Waals surface area contributed by atoms with Crippen molar-refractivity contribution in [2.45, 2.75) is 52.7 Å². The summed E-state index contributed by atoms with van der Waals surface area (Å²) < 4.78 is 1.56. The third-order valence-corrected chi connectivity index (χ3v) is 5.23. The van der Waals surface area contributed by atoms with Crippen LogP contribution in [0.4, 0.5) is 0 Å². The van der Waals surface area contributed by atoms with E-state index >= 15 is 0 Å². The molecule has 6 nitrogen and oxygen atoms in total. The summed E-state index contributed by atoms with van der Waals surface area (Å²) >= 11 is 0. The molecule has 1 aromatic rings. The molecule has 2 aliphatic heterocycles. The number of carbonyl (C=O) groups is 1. The molecule has 0 aromatic carbocycles. The standard InChI is InChI=1S/C17H26N4O2/c1-11(2)20-7-5-6-13(8-20)16(22)21-9-14-15(10-21)18-12(3)19(4)17(14)23/h11,13H,5-10H2,1-4H3/t13-/m1/s1. The monoisotopic (exact) mass is 318 g/mol. The van der Waals surface area contributed by atoms with Gasteiger partial charge in [-0.2, -0.15) is 0 Å². The molecule has 0 spiro atoms. The zero-order valence-corrected chi connectivity index (χ0v) is 14.5. The highest BCUT2D eigenvalue weighted by Gasteiger charge is 2.34. The van der Waals surface area contributed by atoms with E-state index in [0.717, 1.165) is 31.6 Å². The number of carbonyl (C=O) groups excluding carboxylic acids is 1. The minimum absolute atomic E-state index is 0.0183. The topological polar surface area (TPSA) is 58.4 Å². The Hall–Kier alpha value is -1.69. The molecule has 1 fully saturated rings. The summed E-state index contributed by atoms with van der Waals surface area (Å²) in [5.74, 6) is 0.921. The Labute approximate surface area is 137 Å². The molecule has 3 heterocycles. The van der Waals surface area contributed by atoms with Crippen LogP contribution in [0.5, 0.6) is 0 Å². The smallest absolute Gasteiger partial charge is 0.258 e. The minimum Gasteiger partial charge on any atom is -0.332 e. The molecule has 6 heteroatoms. The molecule has 0 saturated carbocycles. The summed E-state index contributed by atoms with van der Waals surface area (Å²) in [6.45, 7) is 8.96. The van der Waals surface area contributed by atoms with Crippen LogP contribution in [0.1, 0.15) is 43.8 Å². The molecule has 1 amide bonds. The van der Waals surface area contributed by atoms with Crippen molar-refractivity contribution in [3.05, 3.63) is 27.4 Å². The van der Waals surface area contributed by atoms with Gasteiger partial charge in [0.15, 0.2) is 0 Å². The predicted molar refractivity (Wildman–Crippen MR) is 87.9 cm³/mol. The molecule has 0 N–H and O–H groups in total. The van der Waals surface area contributed by atoms with Crippen molar-refractivity contribution in [3.8, 4) is 0 Å². The van der Waals surface area contributed by atoms with Gasteiger partial charge in [-0.05, 0) is 40.2 Å². The normalized spacial score (nSPS) is 21.8. The second-order valence-electron chi connectivity index (χ2n) is 7.07. The molecule has 23 heavy (non-hydrogen) atoms. The number of likely N-dealkylation sites (tertiary alicyclic amines) is 1. The van der Waals surface area contributed by atoms with Gasteiger partial charge in [-0.15, -0.1) is 0 Å². The fourth-order valence-corrected chi connectivity index (χ4v) is 3.62. The van der Waals surface area contributed by atoms with E-state index in [4.69, 9.17) is 0 Å². The van der Waals surface area contributed by atoms with Crippen LogP contribution in [0.2, 0.25) is 0 Å².